The summed E-state index contributed by atoms with van der Waals surface area (Å²) >= 11 is 0. The molecule has 4 rings (SSSR count). The first-order valence-corrected chi connectivity index (χ1v) is 10.4. The highest BCUT2D eigenvalue weighted by Gasteiger charge is 2.23. The van der Waals surface area contributed by atoms with E-state index >= 15 is 0 Å². The first-order valence-electron chi connectivity index (χ1n) is 10.4. The van der Waals surface area contributed by atoms with Crippen molar-refractivity contribution < 1.29 is 9.59 Å². The maximum atomic E-state index is 12.2. The fourth-order valence-electron chi connectivity index (χ4n) is 3.51. The van der Waals surface area contributed by atoms with E-state index in [0.29, 0.717) is 11.6 Å². The number of nitrogens with one attached hydrogen (secondary N) is 2. The van der Waals surface area contributed by atoms with Crippen molar-refractivity contribution in [3.63, 3.8) is 0 Å². The van der Waals surface area contributed by atoms with Gasteiger partial charge in [0.05, 0.1) is 0 Å². The zero-order valence-electron chi connectivity index (χ0n) is 16.6. The van der Waals surface area contributed by atoms with Crippen molar-refractivity contribution in [2.75, 3.05) is 23.3 Å². The Bertz CT molecular complexity index is 877. The molecule has 2 aromatic rings. The second kappa shape index (κ2) is 8.95. The molecule has 1 heterocycles. The molecule has 2 fully saturated rings. The molecule has 1 aliphatic carbocycles. The van der Waals surface area contributed by atoms with Crippen molar-refractivity contribution in [1.82, 2.24) is 5.32 Å². The lowest BCUT2D eigenvalue weighted by Crippen LogP contribution is -2.29. The SMILES string of the molecule is O=C(/C=C/c1ccc(C(=O)NC2CC2)cc1)Nc1ccc(N2CCCCC2)cc1. The zero-order valence-corrected chi connectivity index (χ0v) is 16.6. The molecule has 2 aliphatic rings. The Labute approximate surface area is 171 Å². The predicted octanol–water partition coefficient (Wildman–Crippen LogP) is 4.22. The van der Waals surface area contributed by atoms with E-state index in [0.717, 1.165) is 37.2 Å². The number of anilines is 2. The zero-order chi connectivity index (χ0) is 20.1. The van der Waals surface area contributed by atoms with Gasteiger partial charge in [0.1, 0.15) is 0 Å². The molecule has 5 nitrogen and oxygen atoms in total. The highest BCUT2D eigenvalue weighted by atomic mass is 16.2. The molecule has 29 heavy (non-hydrogen) atoms. The van der Waals surface area contributed by atoms with Crippen LogP contribution in [0.5, 0.6) is 0 Å². The van der Waals surface area contributed by atoms with Crippen molar-refractivity contribution >= 4 is 29.3 Å². The van der Waals surface area contributed by atoms with Crippen LogP contribution in [0, 0.1) is 0 Å². The third kappa shape index (κ3) is 5.47. The van der Waals surface area contributed by atoms with Crippen molar-refractivity contribution in [1.29, 1.82) is 0 Å². The lowest BCUT2D eigenvalue weighted by atomic mass is 10.1. The topological polar surface area (TPSA) is 61.4 Å². The second-order valence-electron chi connectivity index (χ2n) is 7.79. The van der Waals surface area contributed by atoms with Crippen molar-refractivity contribution in [2.45, 2.75) is 38.1 Å². The molecular formula is C24H27N3O2. The first kappa shape index (κ1) is 19.2. The van der Waals surface area contributed by atoms with E-state index in [1.807, 2.05) is 24.3 Å². The van der Waals surface area contributed by atoms with E-state index in [2.05, 4.69) is 27.7 Å². The molecule has 2 amide bonds. The standard InChI is InChI=1S/C24H27N3O2/c28-23(25-20-11-13-22(14-12-20)27-16-2-1-3-17-27)15-6-18-4-7-19(8-5-18)24(29)26-21-9-10-21/h4-8,11-15,21H,1-3,9-10,16-17H2,(H,25,28)(H,26,29)/b15-6+. The van der Waals surface area contributed by atoms with Gasteiger partial charge in [-0.15, -0.1) is 0 Å². The fourth-order valence-corrected chi connectivity index (χ4v) is 3.51. The van der Waals surface area contributed by atoms with Crippen molar-refractivity contribution in [3.05, 3.63) is 65.7 Å². The van der Waals surface area contributed by atoms with E-state index < -0.39 is 0 Å². The summed E-state index contributed by atoms with van der Waals surface area (Å²) in [6.45, 7) is 2.21. The summed E-state index contributed by atoms with van der Waals surface area (Å²) in [6.07, 6.45) is 9.21. The van der Waals surface area contributed by atoms with Gasteiger partial charge in [-0.1, -0.05) is 12.1 Å². The molecule has 150 valence electrons. The Morgan fingerprint density at radius 3 is 2.24 bits per heavy atom. The van der Waals surface area contributed by atoms with Crippen LogP contribution in [0.4, 0.5) is 11.4 Å². The van der Waals surface area contributed by atoms with Crippen molar-refractivity contribution in [3.8, 4) is 0 Å². The minimum Gasteiger partial charge on any atom is -0.372 e. The number of nitrogens with zero attached hydrogens (tertiary/aromatic N) is 1. The third-order valence-electron chi connectivity index (χ3n) is 5.37. The highest BCUT2D eigenvalue weighted by molar-refractivity contribution is 6.02. The summed E-state index contributed by atoms with van der Waals surface area (Å²) in [5.41, 5.74) is 3.52. The van der Waals surface area contributed by atoms with Gasteiger partial charge in [0.15, 0.2) is 0 Å². The Kier molecular flexibility index (Phi) is 5.94. The molecule has 1 saturated heterocycles. The van der Waals surface area contributed by atoms with Gasteiger partial charge in [0, 0.05) is 42.1 Å². The van der Waals surface area contributed by atoms with Crippen LogP contribution in [0.3, 0.4) is 0 Å². The molecule has 0 atom stereocenters. The van der Waals surface area contributed by atoms with Crippen LogP contribution in [0.2, 0.25) is 0 Å². The van der Waals surface area contributed by atoms with Gasteiger partial charge >= 0.3 is 0 Å². The molecule has 0 bridgehead atoms. The van der Waals surface area contributed by atoms with Crippen LogP contribution in [-0.2, 0) is 4.79 Å². The Morgan fingerprint density at radius 1 is 0.897 bits per heavy atom. The lowest BCUT2D eigenvalue weighted by Gasteiger charge is -2.28. The second-order valence-corrected chi connectivity index (χ2v) is 7.79. The number of rotatable bonds is 6. The maximum absolute atomic E-state index is 12.2. The average Bonchev–Trinajstić information content (AvgIpc) is 3.58. The van der Waals surface area contributed by atoms with E-state index in [4.69, 9.17) is 0 Å². The summed E-state index contributed by atoms with van der Waals surface area (Å²) in [7, 11) is 0. The van der Waals surface area contributed by atoms with E-state index in [9.17, 15) is 9.59 Å². The maximum Gasteiger partial charge on any atom is 0.251 e. The van der Waals surface area contributed by atoms with Crippen molar-refractivity contribution in [2.24, 2.45) is 0 Å². The molecule has 5 heteroatoms. The first-order chi connectivity index (χ1) is 14.2. The van der Waals surface area contributed by atoms with E-state index in [-0.39, 0.29) is 11.8 Å². The monoisotopic (exact) mass is 389 g/mol. The van der Waals surface area contributed by atoms with Gasteiger partial charge in [-0.2, -0.15) is 0 Å². The number of carbonyl (C=O) groups is 2. The van der Waals surface area contributed by atoms with E-state index in [1.165, 1.54) is 31.0 Å². The molecule has 0 spiro atoms. The van der Waals surface area contributed by atoms with Crippen LogP contribution >= 0.6 is 0 Å². The largest absolute Gasteiger partial charge is 0.372 e. The Hall–Kier alpha value is -3.08. The summed E-state index contributed by atoms with van der Waals surface area (Å²) in [4.78, 5) is 26.6. The van der Waals surface area contributed by atoms with Gasteiger partial charge in [0.25, 0.3) is 5.91 Å². The molecule has 2 aromatic carbocycles. The number of piperidine rings is 1. The summed E-state index contributed by atoms with van der Waals surface area (Å²) in [6, 6.07) is 15.6. The summed E-state index contributed by atoms with van der Waals surface area (Å²) in [5, 5.41) is 5.86. The van der Waals surface area contributed by atoms with Gasteiger partial charge < -0.3 is 15.5 Å². The Morgan fingerprint density at radius 2 is 1.59 bits per heavy atom. The van der Waals surface area contributed by atoms with Crippen LogP contribution < -0.4 is 15.5 Å². The molecule has 2 N–H and O–H groups in total. The van der Waals surface area contributed by atoms with Gasteiger partial charge in [-0.3, -0.25) is 9.59 Å². The summed E-state index contributed by atoms with van der Waals surface area (Å²) < 4.78 is 0. The highest BCUT2D eigenvalue weighted by Crippen LogP contribution is 2.22. The van der Waals surface area contributed by atoms with E-state index in [1.54, 1.807) is 18.2 Å². The van der Waals surface area contributed by atoms with Crippen LogP contribution in [0.25, 0.3) is 6.08 Å². The molecule has 0 radical (unpaired) electrons. The minimum absolute atomic E-state index is 0.0335. The number of amides is 2. The minimum atomic E-state index is -0.175. The van der Waals surface area contributed by atoms with Crippen LogP contribution in [0.1, 0.15) is 48.0 Å². The smallest absolute Gasteiger partial charge is 0.251 e. The summed E-state index contributed by atoms with van der Waals surface area (Å²) in [5.74, 6) is -0.208. The lowest BCUT2D eigenvalue weighted by molar-refractivity contribution is -0.111. The molecule has 1 saturated carbocycles. The van der Waals surface area contributed by atoms with Crippen LogP contribution in [0.15, 0.2) is 54.6 Å². The third-order valence-corrected chi connectivity index (χ3v) is 5.37. The number of hydrogen-bond donors (Lipinski definition) is 2. The van der Waals surface area contributed by atoms with Gasteiger partial charge in [0.2, 0.25) is 5.91 Å². The van der Waals surface area contributed by atoms with Gasteiger partial charge in [-0.25, -0.2) is 0 Å². The quantitative estimate of drug-likeness (QED) is 0.727. The Balaban J connectivity index is 1.29. The normalized spacial score (nSPS) is 16.6. The van der Waals surface area contributed by atoms with Crippen LogP contribution in [-0.4, -0.2) is 30.9 Å². The fraction of sp³-hybridized carbons (Fsp3) is 0.333. The molecular weight excluding hydrogens is 362 g/mol. The van der Waals surface area contributed by atoms with Gasteiger partial charge in [-0.05, 0) is 80.1 Å². The average molecular weight is 389 g/mol. The molecule has 0 unspecified atom stereocenters. The molecule has 1 aliphatic heterocycles. The number of hydrogen-bond acceptors (Lipinski definition) is 3. The predicted molar refractivity (Wildman–Crippen MR) is 117 cm³/mol. The number of carbonyl (C=O) groups excluding carboxylic acids is 2. The number of benzene rings is 2. The molecule has 0 aromatic heterocycles.